The first-order valence-corrected chi connectivity index (χ1v) is 15.9. The van der Waals surface area contributed by atoms with Crippen LogP contribution in [-0.4, -0.2) is 54.9 Å². The van der Waals surface area contributed by atoms with Gasteiger partial charge in [-0.3, -0.25) is 14.5 Å². The van der Waals surface area contributed by atoms with Crippen molar-refractivity contribution in [2.45, 2.75) is 63.5 Å². The standard InChI is InChI=1S/C35H40N8O2/c1-42-22-29(21-40-42)27-13-14-31(37-19-27)33(35(45)39-18-25-6-3-2-4-7-25)26-11-9-24(10-12-26)16-32-38-20-28(17-36)34(41-32)43-15-5-8-30(43)23-44/h2-4,6-7,13-14,19-22,24,26,30,33,44H,5,8-12,15-16,18,23H2,1H3,(H,39,45). The Morgan fingerprint density at radius 3 is 2.56 bits per heavy atom. The molecule has 45 heavy (non-hydrogen) atoms. The van der Waals surface area contributed by atoms with Crippen LogP contribution in [0.15, 0.2) is 67.3 Å². The SMILES string of the molecule is Cn1cc(-c2ccc(C(C(=O)NCc3ccccc3)C3CCC(Cc4ncc(C#N)c(N5CCCC5CO)n4)CC3)nc2)cn1. The van der Waals surface area contributed by atoms with Gasteiger partial charge in [0, 0.05) is 50.1 Å². The molecule has 232 valence electrons. The fourth-order valence-electron chi connectivity index (χ4n) is 6.91. The van der Waals surface area contributed by atoms with Crippen LogP contribution >= 0.6 is 0 Å². The van der Waals surface area contributed by atoms with E-state index in [4.69, 9.17) is 9.97 Å². The molecule has 1 amide bonds. The summed E-state index contributed by atoms with van der Waals surface area (Å²) in [5.74, 6) is 1.60. The number of nitrogens with one attached hydrogen (secondary N) is 1. The first-order valence-electron chi connectivity index (χ1n) is 15.9. The second-order valence-electron chi connectivity index (χ2n) is 12.3. The van der Waals surface area contributed by atoms with Gasteiger partial charge >= 0.3 is 0 Å². The number of nitrogens with zero attached hydrogens (tertiary/aromatic N) is 7. The number of anilines is 1. The number of aryl methyl sites for hydroxylation is 1. The topological polar surface area (TPSA) is 133 Å². The summed E-state index contributed by atoms with van der Waals surface area (Å²) >= 11 is 0. The molecule has 2 atom stereocenters. The number of aliphatic hydroxyl groups excluding tert-OH is 1. The summed E-state index contributed by atoms with van der Waals surface area (Å²) < 4.78 is 1.77. The molecule has 1 saturated carbocycles. The highest BCUT2D eigenvalue weighted by atomic mass is 16.3. The minimum atomic E-state index is -0.346. The second kappa shape index (κ2) is 14.0. The van der Waals surface area contributed by atoms with E-state index in [-0.39, 0.29) is 30.4 Å². The van der Waals surface area contributed by atoms with Crippen LogP contribution in [0.3, 0.4) is 0 Å². The fraction of sp³-hybridized carbons (Fsp3) is 0.429. The minimum absolute atomic E-state index is 0.00713. The molecule has 1 aliphatic heterocycles. The smallest absolute Gasteiger partial charge is 0.229 e. The van der Waals surface area contributed by atoms with Gasteiger partial charge in [-0.05, 0) is 62.0 Å². The Labute approximate surface area is 264 Å². The summed E-state index contributed by atoms with van der Waals surface area (Å²) in [6.07, 6.45) is 13.6. The van der Waals surface area contributed by atoms with E-state index >= 15 is 0 Å². The molecule has 10 nitrogen and oxygen atoms in total. The summed E-state index contributed by atoms with van der Waals surface area (Å²) in [4.78, 5) is 30.0. The van der Waals surface area contributed by atoms with E-state index in [2.05, 4.69) is 26.4 Å². The van der Waals surface area contributed by atoms with Gasteiger partial charge in [-0.15, -0.1) is 0 Å². The van der Waals surface area contributed by atoms with Crippen molar-refractivity contribution >= 4 is 11.7 Å². The summed E-state index contributed by atoms with van der Waals surface area (Å²) in [6.45, 7) is 1.31. The Bertz CT molecular complexity index is 1620. The molecule has 2 unspecified atom stereocenters. The molecule has 6 rings (SSSR count). The summed E-state index contributed by atoms with van der Waals surface area (Å²) in [7, 11) is 1.89. The monoisotopic (exact) mass is 604 g/mol. The third-order valence-electron chi connectivity index (χ3n) is 9.37. The van der Waals surface area contributed by atoms with E-state index in [0.29, 0.717) is 23.8 Å². The maximum absolute atomic E-state index is 13.8. The average molecular weight is 605 g/mol. The molecule has 2 fully saturated rings. The summed E-state index contributed by atoms with van der Waals surface area (Å²) in [6, 6.07) is 16.2. The number of hydrogen-bond acceptors (Lipinski definition) is 8. The normalized spacial score (nSPS) is 20.5. The third-order valence-corrected chi connectivity index (χ3v) is 9.37. The zero-order valence-electron chi connectivity index (χ0n) is 25.7. The predicted molar refractivity (Wildman–Crippen MR) is 171 cm³/mol. The van der Waals surface area contributed by atoms with E-state index in [9.17, 15) is 15.2 Å². The molecule has 1 saturated heterocycles. The minimum Gasteiger partial charge on any atom is -0.394 e. The van der Waals surface area contributed by atoms with Crippen LogP contribution in [-0.2, 0) is 24.8 Å². The molecule has 1 aliphatic carbocycles. The second-order valence-corrected chi connectivity index (χ2v) is 12.3. The molecule has 0 spiro atoms. The molecule has 2 N–H and O–H groups in total. The Morgan fingerprint density at radius 2 is 1.87 bits per heavy atom. The van der Waals surface area contributed by atoms with E-state index in [1.807, 2.05) is 68.1 Å². The molecule has 4 aromatic rings. The number of carbonyl (C=O) groups is 1. The van der Waals surface area contributed by atoms with Crippen molar-refractivity contribution in [3.05, 3.63) is 89.9 Å². The maximum Gasteiger partial charge on any atom is 0.229 e. The molecule has 4 heterocycles. The van der Waals surface area contributed by atoms with Crippen molar-refractivity contribution in [2.24, 2.45) is 18.9 Å². The van der Waals surface area contributed by atoms with E-state index in [1.54, 1.807) is 10.9 Å². The van der Waals surface area contributed by atoms with E-state index < -0.39 is 0 Å². The first kappa shape index (κ1) is 30.4. The highest BCUT2D eigenvalue weighted by Crippen LogP contribution is 2.39. The van der Waals surface area contributed by atoms with Crippen molar-refractivity contribution in [2.75, 3.05) is 18.1 Å². The Morgan fingerprint density at radius 1 is 1.04 bits per heavy atom. The average Bonchev–Trinajstić information content (AvgIpc) is 3.74. The number of amides is 1. The van der Waals surface area contributed by atoms with Gasteiger partial charge in [-0.2, -0.15) is 10.4 Å². The molecular weight excluding hydrogens is 564 g/mol. The quantitative estimate of drug-likeness (QED) is 0.269. The first-order chi connectivity index (χ1) is 22.0. The van der Waals surface area contributed by atoms with E-state index in [1.165, 1.54) is 0 Å². The Balaban J connectivity index is 1.15. The highest BCUT2D eigenvalue weighted by molar-refractivity contribution is 5.83. The van der Waals surface area contributed by atoms with Crippen LogP contribution in [0.1, 0.15) is 67.1 Å². The molecule has 10 heteroatoms. The van der Waals surface area contributed by atoms with Crippen LogP contribution in [0, 0.1) is 23.2 Å². The zero-order valence-corrected chi connectivity index (χ0v) is 25.7. The van der Waals surface area contributed by atoms with Gasteiger partial charge in [0.1, 0.15) is 17.5 Å². The molecule has 0 radical (unpaired) electrons. The number of benzene rings is 1. The summed E-state index contributed by atoms with van der Waals surface area (Å²) in [5.41, 5.74) is 4.27. The molecule has 0 bridgehead atoms. The Kier molecular flexibility index (Phi) is 9.46. The summed E-state index contributed by atoms with van der Waals surface area (Å²) in [5, 5.41) is 27.0. The number of aromatic nitrogens is 5. The maximum atomic E-state index is 13.8. The van der Waals surface area contributed by atoms with E-state index in [0.717, 1.165) is 79.7 Å². The van der Waals surface area contributed by atoms with Crippen LogP contribution in [0.4, 0.5) is 5.82 Å². The van der Waals surface area contributed by atoms with Gasteiger partial charge < -0.3 is 15.3 Å². The van der Waals surface area contributed by atoms with Crippen LogP contribution in [0.25, 0.3) is 11.1 Å². The lowest BCUT2D eigenvalue weighted by molar-refractivity contribution is -0.124. The number of carbonyl (C=O) groups excluding carboxylic acids is 1. The fourth-order valence-corrected chi connectivity index (χ4v) is 6.91. The van der Waals surface area contributed by atoms with Crippen molar-refractivity contribution < 1.29 is 9.90 Å². The number of nitriles is 1. The van der Waals surface area contributed by atoms with Gasteiger partial charge in [0.2, 0.25) is 5.91 Å². The van der Waals surface area contributed by atoms with Crippen LogP contribution in [0.2, 0.25) is 0 Å². The third kappa shape index (κ3) is 7.04. The highest BCUT2D eigenvalue weighted by Gasteiger charge is 2.35. The number of rotatable bonds is 10. The number of pyridine rings is 1. The lowest BCUT2D eigenvalue weighted by atomic mass is 9.73. The number of aliphatic hydroxyl groups is 1. The molecule has 2 aliphatic rings. The molecule has 3 aromatic heterocycles. The van der Waals surface area contributed by atoms with Crippen LogP contribution < -0.4 is 10.2 Å². The molecular formula is C35H40N8O2. The van der Waals surface area contributed by atoms with Gasteiger partial charge in [-0.25, -0.2) is 9.97 Å². The van der Waals surface area contributed by atoms with Crippen molar-refractivity contribution in [1.29, 1.82) is 5.26 Å². The van der Waals surface area contributed by atoms with Gasteiger partial charge in [0.05, 0.1) is 36.7 Å². The van der Waals surface area contributed by atoms with Gasteiger partial charge in [0.15, 0.2) is 5.82 Å². The zero-order chi connectivity index (χ0) is 31.2. The van der Waals surface area contributed by atoms with Gasteiger partial charge in [-0.1, -0.05) is 36.4 Å². The van der Waals surface area contributed by atoms with Crippen LogP contribution in [0.5, 0.6) is 0 Å². The van der Waals surface area contributed by atoms with Gasteiger partial charge in [0.25, 0.3) is 0 Å². The largest absolute Gasteiger partial charge is 0.394 e. The van der Waals surface area contributed by atoms with Crippen molar-refractivity contribution in [3.8, 4) is 17.2 Å². The predicted octanol–water partition coefficient (Wildman–Crippen LogP) is 4.55. The Hall–Kier alpha value is -4.62. The molecule has 1 aromatic carbocycles. The number of hydrogen-bond donors (Lipinski definition) is 2. The van der Waals surface area contributed by atoms with Crippen molar-refractivity contribution in [3.63, 3.8) is 0 Å². The lowest BCUT2D eigenvalue weighted by Crippen LogP contribution is -2.35. The van der Waals surface area contributed by atoms with Crippen molar-refractivity contribution in [1.82, 2.24) is 30.0 Å². The lowest BCUT2D eigenvalue weighted by Gasteiger charge is -2.33.